The lowest BCUT2D eigenvalue weighted by atomic mass is 10.3. The van der Waals surface area contributed by atoms with Crippen LogP contribution in [0, 0.1) is 0 Å². The summed E-state index contributed by atoms with van der Waals surface area (Å²) >= 11 is 0. The van der Waals surface area contributed by atoms with Crippen LogP contribution in [0.3, 0.4) is 0 Å². The lowest BCUT2D eigenvalue weighted by molar-refractivity contribution is 0.439. The van der Waals surface area contributed by atoms with E-state index in [9.17, 15) is 0 Å². The fourth-order valence-corrected chi connectivity index (χ4v) is 3.68. The van der Waals surface area contributed by atoms with Crippen molar-refractivity contribution < 1.29 is 8.85 Å². The number of hydrogen-bond donors (Lipinski definition) is 0. The summed E-state index contributed by atoms with van der Waals surface area (Å²) in [5.74, 6) is 1.68. The third-order valence-corrected chi connectivity index (χ3v) is 4.95. The normalized spacial score (nSPS) is 10.3. The van der Waals surface area contributed by atoms with Crippen LogP contribution >= 0.6 is 0 Å². The van der Waals surface area contributed by atoms with Crippen LogP contribution in [0.15, 0.2) is 91.0 Å². The van der Waals surface area contributed by atoms with Crippen molar-refractivity contribution in [2.24, 2.45) is 0 Å². The van der Waals surface area contributed by atoms with Crippen LogP contribution in [0.2, 0.25) is 0 Å². The van der Waals surface area contributed by atoms with Gasteiger partial charge in [-0.05, 0) is 24.3 Å². The summed E-state index contributed by atoms with van der Waals surface area (Å²) < 4.78 is 12.2. The van der Waals surface area contributed by atoms with Gasteiger partial charge in [-0.25, -0.2) is 0 Å². The molecule has 3 rings (SSSR count). The van der Waals surface area contributed by atoms with E-state index in [1.165, 1.54) is 0 Å². The summed E-state index contributed by atoms with van der Waals surface area (Å²) in [7, 11) is -2.05. The molecule has 0 bridgehead atoms. The van der Waals surface area contributed by atoms with Crippen molar-refractivity contribution in [3.8, 4) is 11.5 Å². The molecule has 0 radical (unpaired) electrons. The smallest absolute Gasteiger partial charge is 0.479 e. The van der Waals surface area contributed by atoms with Gasteiger partial charge < -0.3 is 8.85 Å². The van der Waals surface area contributed by atoms with Crippen LogP contribution in [0.4, 0.5) is 0 Å². The van der Waals surface area contributed by atoms with E-state index >= 15 is 0 Å². The van der Waals surface area contributed by atoms with Gasteiger partial charge in [0.25, 0.3) is 0 Å². The first kappa shape index (κ1) is 13.5. The first-order valence-corrected chi connectivity index (χ1v) is 8.42. The zero-order chi connectivity index (χ0) is 14.3. The Hall–Kier alpha value is -2.52. The SMILES string of the molecule is c1ccc(O[SiH](Oc2ccccc2)c2ccccc2)cc1. The van der Waals surface area contributed by atoms with Crippen molar-refractivity contribution in [1.29, 1.82) is 0 Å². The largest absolute Gasteiger partial charge is 0.511 e. The molecule has 0 N–H and O–H groups in total. The predicted octanol–water partition coefficient (Wildman–Crippen LogP) is 3.27. The Bertz CT molecular complexity index is 615. The summed E-state index contributed by atoms with van der Waals surface area (Å²) in [5.41, 5.74) is 0. The molecule has 0 aliphatic heterocycles. The Kier molecular flexibility index (Phi) is 4.34. The van der Waals surface area contributed by atoms with Crippen LogP contribution in [-0.4, -0.2) is 9.28 Å². The van der Waals surface area contributed by atoms with Crippen molar-refractivity contribution in [2.75, 3.05) is 0 Å². The molecular formula is C18H16O2Si. The average molecular weight is 292 g/mol. The number of rotatable bonds is 5. The monoisotopic (exact) mass is 292 g/mol. The summed E-state index contributed by atoms with van der Waals surface area (Å²) in [6.45, 7) is 0. The number of para-hydroxylation sites is 2. The van der Waals surface area contributed by atoms with Gasteiger partial charge in [0.15, 0.2) is 0 Å². The summed E-state index contributed by atoms with van der Waals surface area (Å²) in [6, 6.07) is 29.8. The second-order valence-electron chi connectivity index (χ2n) is 4.60. The molecule has 0 aliphatic rings. The topological polar surface area (TPSA) is 18.5 Å². The molecule has 0 heterocycles. The number of hydrogen-bond acceptors (Lipinski definition) is 2. The summed E-state index contributed by atoms with van der Waals surface area (Å²) in [4.78, 5) is 0. The molecular weight excluding hydrogens is 276 g/mol. The van der Waals surface area contributed by atoms with E-state index in [4.69, 9.17) is 8.85 Å². The second kappa shape index (κ2) is 6.77. The quantitative estimate of drug-likeness (QED) is 0.672. The summed E-state index contributed by atoms with van der Waals surface area (Å²) in [5, 5.41) is 1.12. The number of benzene rings is 3. The average Bonchev–Trinajstić information content (AvgIpc) is 2.57. The third kappa shape index (κ3) is 3.74. The maximum absolute atomic E-state index is 6.12. The lowest BCUT2D eigenvalue weighted by Crippen LogP contribution is -2.42. The van der Waals surface area contributed by atoms with Crippen LogP contribution in [0.25, 0.3) is 0 Å². The van der Waals surface area contributed by atoms with Crippen LogP contribution in [0.1, 0.15) is 0 Å². The van der Waals surface area contributed by atoms with E-state index in [0.29, 0.717) is 0 Å². The molecule has 3 aromatic rings. The molecule has 0 amide bonds. The molecule has 0 saturated carbocycles. The Morgan fingerprint density at radius 2 is 0.857 bits per heavy atom. The van der Waals surface area contributed by atoms with E-state index < -0.39 is 9.28 Å². The van der Waals surface area contributed by atoms with E-state index in [-0.39, 0.29) is 0 Å². The second-order valence-corrected chi connectivity index (χ2v) is 6.41. The van der Waals surface area contributed by atoms with Gasteiger partial charge in [0.2, 0.25) is 0 Å². The van der Waals surface area contributed by atoms with Crippen molar-refractivity contribution in [2.45, 2.75) is 0 Å². The lowest BCUT2D eigenvalue weighted by Gasteiger charge is -2.19. The van der Waals surface area contributed by atoms with Crippen molar-refractivity contribution in [3.05, 3.63) is 91.0 Å². The molecule has 0 aliphatic carbocycles. The molecule has 3 heteroatoms. The standard InChI is InChI=1S/C18H16O2Si/c1-4-10-16(11-5-1)19-21(18-14-8-3-9-15-18)20-17-12-6-2-7-13-17/h1-15,21H. The minimum absolute atomic E-state index is 0.842. The van der Waals surface area contributed by atoms with Gasteiger partial charge in [-0.2, -0.15) is 0 Å². The maximum Gasteiger partial charge on any atom is 0.479 e. The molecule has 0 unspecified atom stereocenters. The Balaban J connectivity index is 1.84. The molecule has 0 atom stereocenters. The van der Waals surface area contributed by atoms with Crippen LogP contribution in [-0.2, 0) is 0 Å². The first-order valence-electron chi connectivity index (χ1n) is 6.90. The van der Waals surface area contributed by atoms with Crippen molar-refractivity contribution >= 4 is 14.5 Å². The third-order valence-electron chi connectivity index (χ3n) is 3.04. The van der Waals surface area contributed by atoms with Gasteiger partial charge in [-0.3, -0.25) is 0 Å². The van der Waals surface area contributed by atoms with E-state index in [2.05, 4.69) is 12.1 Å². The van der Waals surface area contributed by atoms with Crippen LogP contribution in [0.5, 0.6) is 11.5 Å². The molecule has 0 spiro atoms. The fraction of sp³-hybridized carbons (Fsp3) is 0. The van der Waals surface area contributed by atoms with E-state index in [1.807, 2.05) is 78.9 Å². The molecule has 21 heavy (non-hydrogen) atoms. The zero-order valence-electron chi connectivity index (χ0n) is 11.6. The highest BCUT2D eigenvalue weighted by molar-refractivity contribution is 6.62. The van der Waals surface area contributed by atoms with Gasteiger partial charge in [-0.15, -0.1) is 0 Å². The molecule has 104 valence electrons. The molecule has 0 saturated heterocycles. The van der Waals surface area contributed by atoms with Gasteiger partial charge in [0, 0.05) is 5.19 Å². The van der Waals surface area contributed by atoms with E-state index in [0.717, 1.165) is 16.7 Å². The molecule has 0 aromatic heterocycles. The fourth-order valence-electron chi connectivity index (χ4n) is 2.02. The van der Waals surface area contributed by atoms with Gasteiger partial charge in [-0.1, -0.05) is 66.7 Å². The van der Waals surface area contributed by atoms with E-state index in [1.54, 1.807) is 0 Å². The van der Waals surface area contributed by atoms with Gasteiger partial charge in [0.1, 0.15) is 11.5 Å². The highest BCUT2D eigenvalue weighted by Gasteiger charge is 2.20. The predicted molar refractivity (Wildman–Crippen MR) is 87.4 cm³/mol. The highest BCUT2D eigenvalue weighted by atomic mass is 28.3. The molecule has 3 aromatic carbocycles. The van der Waals surface area contributed by atoms with Gasteiger partial charge in [0.05, 0.1) is 0 Å². The molecule has 2 nitrogen and oxygen atoms in total. The zero-order valence-corrected chi connectivity index (χ0v) is 12.7. The summed E-state index contributed by atoms with van der Waals surface area (Å²) in [6.07, 6.45) is 0. The van der Waals surface area contributed by atoms with Crippen molar-refractivity contribution in [3.63, 3.8) is 0 Å². The minimum Gasteiger partial charge on any atom is -0.511 e. The molecule has 0 fully saturated rings. The Morgan fingerprint density at radius 1 is 0.476 bits per heavy atom. The first-order chi connectivity index (χ1) is 10.4. The highest BCUT2D eigenvalue weighted by Crippen LogP contribution is 2.14. The Labute approximate surface area is 126 Å². The Morgan fingerprint density at radius 3 is 1.29 bits per heavy atom. The minimum atomic E-state index is -2.05. The van der Waals surface area contributed by atoms with Crippen LogP contribution < -0.4 is 14.0 Å². The van der Waals surface area contributed by atoms with Crippen molar-refractivity contribution in [1.82, 2.24) is 0 Å². The maximum atomic E-state index is 6.12. The van der Waals surface area contributed by atoms with Gasteiger partial charge >= 0.3 is 9.28 Å².